The predicted octanol–water partition coefficient (Wildman–Crippen LogP) is 5.27. The summed E-state index contributed by atoms with van der Waals surface area (Å²) < 4.78 is 5.47. The largest absolute Gasteiger partial charge is 0.469 e. The van der Waals surface area contributed by atoms with E-state index >= 15 is 0 Å². The number of carbonyl (C=O) groups is 1. The van der Waals surface area contributed by atoms with Crippen LogP contribution in [0.4, 0.5) is 0 Å². The highest BCUT2D eigenvalue weighted by Gasteiger charge is 2.70. The van der Waals surface area contributed by atoms with Gasteiger partial charge in [-0.05, 0) is 97.2 Å². The maximum atomic E-state index is 13.4. The number of fused-ring (bicyclic) bond motifs is 7. The lowest BCUT2D eigenvalue weighted by Gasteiger charge is -2.71. The molecule has 5 aliphatic carbocycles. The third-order valence-electron chi connectivity index (χ3n) is 13.3. The number of hydrogen-bond donors (Lipinski definition) is 3. The van der Waals surface area contributed by atoms with E-state index in [9.17, 15) is 20.1 Å². The molecule has 0 bridgehead atoms. The number of aliphatic hydroxyl groups excluding tert-OH is 3. The van der Waals surface area contributed by atoms with Crippen LogP contribution in [-0.4, -0.2) is 47.2 Å². The number of carbonyl (C=O) groups excluding carboxylic acids is 1. The lowest BCUT2D eigenvalue weighted by Crippen LogP contribution is -2.68. The van der Waals surface area contributed by atoms with Crippen LogP contribution in [0.3, 0.4) is 0 Å². The van der Waals surface area contributed by atoms with Crippen LogP contribution in [0.2, 0.25) is 0 Å². The molecule has 0 radical (unpaired) electrons. The van der Waals surface area contributed by atoms with Crippen LogP contribution >= 0.6 is 0 Å². The first kappa shape index (κ1) is 26.7. The molecule has 5 rings (SSSR count). The van der Waals surface area contributed by atoms with Crippen molar-refractivity contribution in [1.29, 1.82) is 0 Å². The molecule has 0 amide bonds. The van der Waals surface area contributed by atoms with Crippen molar-refractivity contribution in [3.05, 3.63) is 11.6 Å². The molecule has 0 spiro atoms. The van der Waals surface area contributed by atoms with Gasteiger partial charge < -0.3 is 20.1 Å². The number of aliphatic hydroxyl groups is 3. The summed E-state index contributed by atoms with van der Waals surface area (Å²) in [6.07, 6.45) is 9.16. The first-order chi connectivity index (χ1) is 16.7. The Morgan fingerprint density at radius 2 is 1.64 bits per heavy atom. The van der Waals surface area contributed by atoms with Crippen molar-refractivity contribution in [2.24, 2.45) is 50.2 Å². The molecule has 4 saturated carbocycles. The van der Waals surface area contributed by atoms with Crippen molar-refractivity contribution in [1.82, 2.24) is 0 Å². The standard InChI is InChI=1S/C31H50O5/c1-26(2)12-14-31(25(35)36-7)15-13-29(5)19(20(31)16-26)8-9-23-27(3)17-21(33)24(34)28(4,18-32)22(27)10-11-30(23,29)6/h8,20-24,32-34H,9-18H2,1-7H3/t20-,21+,22+,23+,24+,27-,28-,29+,30+,31-/m0/s1. The Kier molecular flexibility index (Phi) is 5.97. The van der Waals surface area contributed by atoms with Crippen LogP contribution in [0, 0.1) is 50.2 Å². The van der Waals surface area contributed by atoms with Gasteiger partial charge in [0, 0.05) is 5.41 Å². The molecule has 4 fully saturated rings. The molecule has 10 atom stereocenters. The quantitative estimate of drug-likeness (QED) is 0.354. The van der Waals surface area contributed by atoms with E-state index in [-0.39, 0.29) is 46.1 Å². The minimum absolute atomic E-state index is 0.0167. The first-order valence-electron chi connectivity index (χ1n) is 14.4. The number of methoxy groups -OCH3 is 1. The minimum atomic E-state index is -0.893. The van der Waals surface area contributed by atoms with E-state index in [1.54, 1.807) is 7.11 Å². The van der Waals surface area contributed by atoms with Crippen LogP contribution in [0.15, 0.2) is 11.6 Å². The van der Waals surface area contributed by atoms with Crippen LogP contribution in [0.5, 0.6) is 0 Å². The average Bonchev–Trinajstić information content (AvgIpc) is 2.82. The molecule has 0 saturated heterocycles. The highest BCUT2D eigenvalue weighted by molar-refractivity contribution is 5.78. The zero-order chi connectivity index (χ0) is 26.5. The summed E-state index contributed by atoms with van der Waals surface area (Å²) in [6.45, 7) is 13.9. The molecule has 5 aliphatic rings. The van der Waals surface area contributed by atoms with E-state index < -0.39 is 23.0 Å². The summed E-state index contributed by atoms with van der Waals surface area (Å²) in [5, 5.41) is 32.4. The third-order valence-corrected chi connectivity index (χ3v) is 13.3. The zero-order valence-corrected chi connectivity index (χ0v) is 23.7. The molecule has 0 aromatic heterocycles. The maximum absolute atomic E-state index is 13.4. The summed E-state index contributed by atoms with van der Waals surface area (Å²) >= 11 is 0. The summed E-state index contributed by atoms with van der Waals surface area (Å²) in [5.74, 6) is 0.721. The molecule has 3 N–H and O–H groups in total. The molecule has 5 heteroatoms. The fourth-order valence-electron chi connectivity index (χ4n) is 11.0. The average molecular weight is 503 g/mol. The van der Waals surface area contributed by atoms with E-state index in [1.807, 2.05) is 6.92 Å². The van der Waals surface area contributed by atoms with Crippen molar-refractivity contribution in [3.63, 3.8) is 0 Å². The van der Waals surface area contributed by atoms with Gasteiger partial charge in [-0.25, -0.2) is 0 Å². The van der Waals surface area contributed by atoms with E-state index in [1.165, 1.54) is 5.57 Å². The number of ether oxygens (including phenoxy) is 1. The summed E-state index contributed by atoms with van der Waals surface area (Å²) in [6, 6.07) is 0. The number of esters is 1. The summed E-state index contributed by atoms with van der Waals surface area (Å²) in [7, 11) is 1.55. The van der Waals surface area contributed by atoms with Crippen molar-refractivity contribution in [2.45, 2.75) is 112 Å². The van der Waals surface area contributed by atoms with Crippen LogP contribution in [0.1, 0.15) is 99.3 Å². The van der Waals surface area contributed by atoms with Crippen molar-refractivity contribution in [3.8, 4) is 0 Å². The van der Waals surface area contributed by atoms with Gasteiger partial charge in [0.05, 0.1) is 31.3 Å². The lowest BCUT2D eigenvalue weighted by molar-refractivity contribution is -0.243. The Morgan fingerprint density at radius 1 is 0.972 bits per heavy atom. The summed E-state index contributed by atoms with van der Waals surface area (Å²) in [5.41, 5.74) is 0.445. The van der Waals surface area contributed by atoms with Gasteiger partial charge in [-0.2, -0.15) is 0 Å². The second-order valence-electron chi connectivity index (χ2n) is 15.2. The number of hydrogen-bond acceptors (Lipinski definition) is 5. The molecule has 0 heterocycles. The predicted molar refractivity (Wildman–Crippen MR) is 140 cm³/mol. The molecular formula is C31H50O5. The molecule has 36 heavy (non-hydrogen) atoms. The Morgan fingerprint density at radius 3 is 2.28 bits per heavy atom. The van der Waals surface area contributed by atoms with Gasteiger partial charge in [0.1, 0.15) is 0 Å². The minimum Gasteiger partial charge on any atom is -0.469 e. The molecular weight excluding hydrogens is 452 g/mol. The second-order valence-corrected chi connectivity index (χ2v) is 15.2. The topological polar surface area (TPSA) is 87.0 Å². The third kappa shape index (κ3) is 3.14. The van der Waals surface area contributed by atoms with Gasteiger partial charge in [0.15, 0.2) is 0 Å². The number of rotatable bonds is 2. The van der Waals surface area contributed by atoms with Crippen molar-refractivity contribution < 1.29 is 24.9 Å². The van der Waals surface area contributed by atoms with Crippen LogP contribution in [0.25, 0.3) is 0 Å². The Balaban J connectivity index is 1.61. The van der Waals surface area contributed by atoms with E-state index in [4.69, 9.17) is 4.74 Å². The first-order valence-corrected chi connectivity index (χ1v) is 14.4. The molecule has 0 unspecified atom stereocenters. The SMILES string of the molecule is COC(=O)[C@]12CCC(C)(C)C[C@H]1C1=CC[C@@H]3[C@@]4(C)C[C@@H](O)[C@@H](O)[C@@](C)(CO)[C@@H]4CC[C@@]3(C)[C@]1(C)CC2. The van der Waals surface area contributed by atoms with Gasteiger partial charge in [-0.1, -0.05) is 53.2 Å². The highest BCUT2D eigenvalue weighted by Crippen LogP contribution is 2.75. The van der Waals surface area contributed by atoms with Gasteiger partial charge in [-0.15, -0.1) is 0 Å². The lowest BCUT2D eigenvalue weighted by atomic mass is 9.33. The zero-order valence-electron chi connectivity index (χ0n) is 23.7. The molecule has 204 valence electrons. The smallest absolute Gasteiger partial charge is 0.312 e. The molecule has 0 aromatic rings. The van der Waals surface area contributed by atoms with Crippen LogP contribution < -0.4 is 0 Å². The van der Waals surface area contributed by atoms with Gasteiger partial charge in [-0.3, -0.25) is 4.79 Å². The molecule has 0 aromatic carbocycles. The Hall–Kier alpha value is -0.910. The van der Waals surface area contributed by atoms with Gasteiger partial charge in [0.2, 0.25) is 0 Å². The maximum Gasteiger partial charge on any atom is 0.312 e. The number of allylic oxidation sites excluding steroid dienone is 2. The van der Waals surface area contributed by atoms with Gasteiger partial charge >= 0.3 is 5.97 Å². The molecule has 5 nitrogen and oxygen atoms in total. The highest BCUT2D eigenvalue weighted by atomic mass is 16.5. The Bertz CT molecular complexity index is 957. The van der Waals surface area contributed by atoms with Gasteiger partial charge in [0.25, 0.3) is 0 Å². The van der Waals surface area contributed by atoms with E-state index in [0.717, 1.165) is 51.4 Å². The normalized spacial score (nSPS) is 53.7. The van der Waals surface area contributed by atoms with Crippen molar-refractivity contribution >= 4 is 5.97 Å². The fourth-order valence-corrected chi connectivity index (χ4v) is 11.0. The Labute approximate surface area is 218 Å². The molecule has 0 aliphatic heterocycles. The second kappa shape index (κ2) is 8.05. The van der Waals surface area contributed by atoms with E-state index in [2.05, 4.69) is 40.7 Å². The fraction of sp³-hybridized carbons (Fsp3) is 0.903. The van der Waals surface area contributed by atoms with E-state index in [0.29, 0.717) is 12.3 Å². The van der Waals surface area contributed by atoms with Crippen molar-refractivity contribution in [2.75, 3.05) is 13.7 Å². The van der Waals surface area contributed by atoms with Crippen LogP contribution in [-0.2, 0) is 9.53 Å². The summed E-state index contributed by atoms with van der Waals surface area (Å²) in [4.78, 5) is 13.4. The monoisotopic (exact) mass is 502 g/mol.